The van der Waals surface area contributed by atoms with Crippen LogP contribution >= 0.6 is 0 Å². The third-order valence-electron chi connectivity index (χ3n) is 7.17. The van der Waals surface area contributed by atoms with E-state index in [1.165, 1.54) is 0 Å². The van der Waals surface area contributed by atoms with Gasteiger partial charge in [-0.3, -0.25) is 4.90 Å². The van der Waals surface area contributed by atoms with E-state index in [1.54, 1.807) is 6.33 Å². The molecule has 3 aliphatic rings. The van der Waals surface area contributed by atoms with Gasteiger partial charge in [0.25, 0.3) is 0 Å². The second-order valence-corrected chi connectivity index (χ2v) is 11.6. The van der Waals surface area contributed by atoms with Crippen molar-refractivity contribution in [2.24, 2.45) is 0 Å². The van der Waals surface area contributed by atoms with Crippen LogP contribution in [0.2, 0.25) is 0 Å². The monoisotopic (exact) mass is 503 g/mol. The van der Waals surface area contributed by atoms with Crippen molar-refractivity contribution in [1.29, 1.82) is 0 Å². The number of ether oxygens (including phenoxy) is 4. The number of aromatic nitrogens is 3. The number of aryl methyl sites for hydroxylation is 1. The number of hydrogen-bond acceptors (Lipinski definition) is 8. The molecular weight excluding hydrogens is 462 g/mol. The summed E-state index contributed by atoms with van der Waals surface area (Å²) in [4.78, 5) is 23.3. The van der Waals surface area contributed by atoms with E-state index in [0.29, 0.717) is 12.6 Å². The minimum atomic E-state index is -0.675. The third kappa shape index (κ3) is 5.22. The van der Waals surface area contributed by atoms with Crippen molar-refractivity contribution in [3.63, 3.8) is 0 Å². The fourth-order valence-corrected chi connectivity index (χ4v) is 5.68. The Hall–Kier alpha value is -2.27. The standard InChI is InChI=1S/C26H39N5O5.H2/c1-16-18-10-13-31(22(18)29-15-28-16)23-21-20(34-26(5,6)35-21)19(33-23)14-30-12-7-8-17(30)9-11-27-24(32)36-25(2,3)4;/h10,13,15,17,19-21,23H,7-9,11-12,14H2,1-6H3,(H,27,32);1H/t17-,19+,20+,21+,23+;/m0./s1. The first kappa shape index (κ1) is 25.4. The van der Waals surface area contributed by atoms with Crippen LogP contribution in [0.4, 0.5) is 4.79 Å². The molecule has 3 saturated heterocycles. The molecule has 0 spiro atoms. The van der Waals surface area contributed by atoms with Gasteiger partial charge in [0.05, 0.1) is 5.69 Å². The third-order valence-corrected chi connectivity index (χ3v) is 7.17. The minimum absolute atomic E-state index is 0. The highest BCUT2D eigenvalue weighted by Gasteiger charge is 2.56. The lowest BCUT2D eigenvalue weighted by molar-refractivity contribution is -0.198. The van der Waals surface area contributed by atoms with Crippen LogP contribution in [0, 0.1) is 6.92 Å². The Morgan fingerprint density at radius 2 is 2.06 bits per heavy atom. The number of hydrogen-bond donors (Lipinski definition) is 1. The van der Waals surface area contributed by atoms with E-state index in [4.69, 9.17) is 18.9 Å². The summed E-state index contributed by atoms with van der Waals surface area (Å²) in [6.45, 7) is 13.8. The van der Waals surface area contributed by atoms with E-state index in [1.807, 2.05) is 53.8 Å². The number of rotatable bonds is 6. The fraction of sp³-hybridized carbons (Fsp3) is 0.731. The van der Waals surface area contributed by atoms with Gasteiger partial charge in [-0.05, 0) is 73.4 Å². The highest BCUT2D eigenvalue weighted by Crippen LogP contribution is 2.44. The van der Waals surface area contributed by atoms with Gasteiger partial charge in [-0.2, -0.15) is 0 Å². The molecule has 5 heterocycles. The van der Waals surface area contributed by atoms with Gasteiger partial charge in [-0.15, -0.1) is 0 Å². The molecule has 200 valence electrons. The zero-order valence-corrected chi connectivity index (χ0v) is 22.2. The van der Waals surface area contributed by atoms with Crippen LogP contribution in [-0.4, -0.2) is 80.9 Å². The maximum absolute atomic E-state index is 12.0. The van der Waals surface area contributed by atoms with Gasteiger partial charge in [-0.1, -0.05) is 0 Å². The smallest absolute Gasteiger partial charge is 0.407 e. The predicted octanol–water partition coefficient (Wildman–Crippen LogP) is 3.78. The van der Waals surface area contributed by atoms with Crippen LogP contribution in [0.15, 0.2) is 18.6 Å². The summed E-state index contributed by atoms with van der Waals surface area (Å²) in [5.41, 5.74) is 1.28. The van der Waals surface area contributed by atoms with E-state index in [-0.39, 0.29) is 32.1 Å². The van der Waals surface area contributed by atoms with E-state index in [0.717, 1.165) is 49.1 Å². The van der Waals surface area contributed by atoms with Gasteiger partial charge in [0.1, 0.15) is 35.9 Å². The lowest BCUT2D eigenvalue weighted by Gasteiger charge is -2.30. The molecule has 0 aliphatic carbocycles. The molecule has 0 unspecified atom stereocenters. The Labute approximate surface area is 214 Å². The SMILES string of the molecule is Cc1ncnc2c1ccn2[C@@H]1O[C@H](CN2CCC[C@H]2CCNC(=O)OC(C)(C)C)[C@H]2OC(C)(C)O[C@H]21.[HH]. The van der Waals surface area contributed by atoms with E-state index in [2.05, 4.69) is 24.8 Å². The van der Waals surface area contributed by atoms with Gasteiger partial charge < -0.3 is 28.8 Å². The molecule has 36 heavy (non-hydrogen) atoms. The molecule has 2 aromatic rings. The van der Waals surface area contributed by atoms with Crippen LogP contribution in [0.1, 0.15) is 67.2 Å². The molecule has 0 bridgehead atoms. The van der Waals surface area contributed by atoms with Crippen molar-refractivity contribution >= 4 is 17.1 Å². The van der Waals surface area contributed by atoms with Crippen LogP contribution in [-0.2, 0) is 18.9 Å². The second kappa shape index (κ2) is 9.55. The summed E-state index contributed by atoms with van der Waals surface area (Å²) in [6.07, 6.45) is 5.45. The summed E-state index contributed by atoms with van der Waals surface area (Å²) in [5, 5.41) is 3.91. The molecule has 1 amide bonds. The fourth-order valence-electron chi connectivity index (χ4n) is 5.68. The number of likely N-dealkylation sites (tertiary alicyclic amines) is 1. The van der Waals surface area contributed by atoms with E-state index < -0.39 is 11.4 Å². The Morgan fingerprint density at radius 1 is 1.28 bits per heavy atom. The summed E-state index contributed by atoms with van der Waals surface area (Å²) >= 11 is 0. The highest BCUT2D eigenvalue weighted by molar-refractivity contribution is 5.78. The second-order valence-electron chi connectivity index (χ2n) is 11.6. The van der Waals surface area contributed by atoms with Gasteiger partial charge in [0, 0.05) is 32.1 Å². The van der Waals surface area contributed by atoms with Crippen molar-refractivity contribution in [1.82, 2.24) is 24.8 Å². The first-order valence-corrected chi connectivity index (χ1v) is 13.0. The Bertz CT molecular complexity index is 1100. The summed E-state index contributed by atoms with van der Waals surface area (Å²) in [7, 11) is 0. The zero-order valence-electron chi connectivity index (χ0n) is 22.2. The molecule has 0 radical (unpaired) electrons. The quantitative estimate of drug-likeness (QED) is 0.636. The van der Waals surface area contributed by atoms with Crippen molar-refractivity contribution in [2.45, 2.75) is 103 Å². The molecule has 3 fully saturated rings. The zero-order chi connectivity index (χ0) is 25.7. The number of alkyl carbamates (subject to hydrolysis) is 1. The average Bonchev–Trinajstić information content (AvgIpc) is 3.52. The van der Waals surface area contributed by atoms with E-state index in [9.17, 15) is 4.79 Å². The lowest BCUT2D eigenvalue weighted by Crippen LogP contribution is -2.43. The number of carbonyl (C=O) groups excluding carboxylic acids is 1. The van der Waals surface area contributed by atoms with Gasteiger partial charge in [0.2, 0.25) is 0 Å². The first-order chi connectivity index (χ1) is 17.0. The van der Waals surface area contributed by atoms with Crippen molar-refractivity contribution in [3.05, 3.63) is 24.3 Å². The first-order valence-electron chi connectivity index (χ1n) is 13.0. The molecule has 5 rings (SSSR count). The summed E-state index contributed by atoms with van der Waals surface area (Å²) in [6, 6.07) is 2.41. The number of nitrogens with one attached hydrogen (secondary N) is 1. The Balaban J connectivity index is 0.00000320. The largest absolute Gasteiger partial charge is 0.444 e. The molecule has 10 heteroatoms. The van der Waals surface area contributed by atoms with Gasteiger partial charge >= 0.3 is 6.09 Å². The number of fused-ring (bicyclic) bond motifs is 2. The summed E-state index contributed by atoms with van der Waals surface area (Å²) < 4.78 is 26.8. The predicted molar refractivity (Wildman–Crippen MR) is 136 cm³/mol. The maximum atomic E-state index is 12.0. The van der Waals surface area contributed by atoms with Crippen molar-refractivity contribution in [3.8, 4) is 0 Å². The number of amides is 1. The maximum Gasteiger partial charge on any atom is 0.407 e. The van der Waals surface area contributed by atoms with E-state index >= 15 is 0 Å². The van der Waals surface area contributed by atoms with Crippen LogP contribution in [0.3, 0.4) is 0 Å². The molecule has 1 N–H and O–H groups in total. The molecule has 10 nitrogen and oxygen atoms in total. The normalized spacial score (nSPS) is 30.1. The van der Waals surface area contributed by atoms with Gasteiger partial charge in [-0.25, -0.2) is 14.8 Å². The Kier molecular flexibility index (Phi) is 6.74. The minimum Gasteiger partial charge on any atom is -0.444 e. The number of nitrogens with zero attached hydrogens (tertiary/aromatic N) is 4. The van der Waals surface area contributed by atoms with Crippen LogP contribution < -0.4 is 5.32 Å². The van der Waals surface area contributed by atoms with Crippen molar-refractivity contribution in [2.75, 3.05) is 19.6 Å². The highest BCUT2D eigenvalue weighted by atomic mass is 16.8. The van der Waals surface area contributed by atoms with Gasteiger partial charge in [0.15, 0.2) is 12.0 Å². The summed E-state index contributed by atoms with van der Waals surface area (Å²) in [5.74, 6) is -0.675. The lowest BCUT2D eigenvalue weighted by atomic mass is 10.1. The topological polar surface area (TPSA) is 100.0 Å². The molecule has 0 aromatic carbocycles. The average molecular weight is 504 g/mol. The van der Waals surface area contributed by atoms with Crippen LogP contribution in [0.25, 0.3) is 11.0 Å². The van der Waals surface area contributed by atoms with Crippen LogP contribution in [0.5, 0.6) is 0 Å². The number of carbonyl (C=O) groups is 1. The molecule has 3 aliphatic heterocycles. The van der Waals surface area contributed by atoms with Crippen molar-refractivity contribution < 1.29 is 25.2 Å². The molecule has 0 saturated carbocycles. The molecule has 2 aromatic heterocycles. The molecule has 5 atom stereocenters. The Morgan fingerprint density at radius 3 is 2.83 bits per heavy atom. The molecular formula is C26H41N5O5.